The van der Waals surface area contributed by atoms with Crippen LogP contribution in [0.2, 0.25) is 0 Å². The van der Waals surface area contributed by atoms with Crippen molar-refractivity contribution < 1.29 is 10.2 Å². The Hall–Kier alpha value is -0.0800. The molecule has 0 aliphatic heterocycles. The van der Waals surface area contributed by atoms with Gasteiger partial charge in [0.1, 0.15) is 0 Å². The summed E-state index contributed by atoms with van der Waals surface area (Å²) in [6, 6.07) is 0. The molecule has 5 atom stereocenters. The molecular weight excluding hydrogens is 224 g/mol. The average Bonchev–Trinajstić information content (AvgIpc) is 2.34. The van der Waals surface area contributed by atoms with Crippen LogP contribution in [0, 0.1) is 22.7 Å². The number of hydrogen-bond acceptors (Lipinski definition) is 2. The van der Waals surface area contributed by atoms with Crippen LogP contribution in [0.4, 0.5) is 0 Å². The molecule has 0 aromatic rings. The topological polar surface area (TPSA) is 40.5 Å². The molecule has 0 spiro atoms. The lowest BCUT2D eigenvalue weighted by Gasteiger charge is -2.57. The molecule has 2 N–H and O–H groups in total. The lowest BCUT2D eigenvalue weighted by molar-refractivity contribution is -0.154. The van der Waals surface area contributed by atoms with Crippen LogP contribution in [-0.4, -0.2) is 21.9 Å². The minimum Gasteiger partial charge on any atom is -0.393 e. The van der Waals surface area contributed by atoms with Crippen molar-refractivity contribution in [1.29, 1.82) is 0 Å². The Morgan fingerprint density at radius 1 is 1.22 bits per heavy atom. The van der Waals surface area contributed by atoms with Crippen molar-refractivity contribution in [3.63, 3.8) is 0 Å². The molecule has 2 aliphatic carbocycles. The molecule has 2 rings (SSSR count). The van der Waals surface area contributed by atoms with Crippen molar-refractivity contribution in [2.75, 3.05) is 0 Å². The third-order valence-electron chi connectivity index (χ3n) is 6.28. The summed E-state index contributed by atoms with van der Waals surface area (Å²) in [5.74, 6) is 1.07. The van der Waals surface area contributed by atoms with E-state index in [1.54, 1.807) is 0 Å². The Balaban J connectivity index is 2.29. The van der Waals surface area contributed by atoms with Crippen LogP contribution in [0.25, 0.3) is 0 Å². The number of aliphatic hydroxyl groups excluding tert-OH is 1. The van der Waals surface area contributed by atoms with Gasteiger partial charge in [-0.05, 0) is 61.7 Å². The maximum Gasteiger partial charge on any atom is 0.0682 e. The summed E-state index contributed by atoms with van der Waals surface area (Å²) in [6.45, 7) is 10.8. The van der Waals surface area contributed by atoms with Crippen LogP contribution in [0.1, 0.15) is 66.7 Å². The van der Waals surface area contributed by atoms with Crippen molar-refractivity contribution in [2.24, 2.45) is 22.7 Å². The first kappa shape index (κ1) is 14.3. The van der Waals surface area contributed by atoms with Crippen LogP contribution < -0.4 is 0 Å². The van der Waals surface area contributed by atoms with Crippen molar-refractivity contribution in [3.05, 3.63) is 0 Å². The fourth-order valence-electron chi connectivity index (χ4n) is 4.55. The molecule has 0 amide bonds. The lowest BCUT2D eigenvalue weighted by atomic mass is 9.50. The molecule has 0 saturated heterocycles. The summed E-state index contributed by atoms with van der Waals surface area (Å²) in [5.41, 5.74) is -0.321. The molecule has 0 bridgehead atoms. The molecule has 2 aliphatic rings. The van der Waals surface area contributed by atoms with E-state index in [2.05, 4.69) is 27.7 Å². The van der Waals surface area contributed by atoms with E-state index in [4.69, 9.17) is 0 Å². The normalized spacial score (nSPS) is 48.8. The molecular formula is C16H30O2. The van der Waals surface area contributed by atoms with Crippen LogP contribution in [0.5, 0.6) is 0 Å². The molecule has 0 aromatic heterocycles. The number of fused-ring (bicyclic) bond motifs is 1. The Labute approximate surface area is 112 Å². The molecule has 18 heavy (non-hydrogen) atoms. The first-order valence-electron chi connectivity index (χ1n) is 7.55. The molecule has 106 valence electrons. The number of aliphatic hydroxyl groups is 2. The van der Waals surface area contributed by atoms with Crippen molar-refractivity contribution in [1.82, 2.24) is 0 Å². The highest BCUT2D eigenvalue weighted by atomic mass is 16.3. The summed E-state index contributed by atoms with van der Waals surface area (Å²) in [7, 11) is 0. The fourth-order valence-corrected chi connectivity index (χ4v) is 4.55. The van der Waals surface area contributed by atoms with Gasteiger partial charge in [0.15, 0.2) is 0 Å². The minimum atomic E-state index is -0.567. The largest absolute Gasteiger partial charge is 0.393 e. The van der Waals surface area contributed by atoms with Gasteiger partial charge in [-0.3, -0.25) is 0 Å². The van der Waals surface area contributed by atoms with Gasteiger partial charge in [0.2, 0.25) is 0 Å². The van der Waals surface area contributed by atoms with E-state index >= 15 is 0 Å². The second-order valence-electron chi connectivity index (χ2n) is 7.91. The molecule has 0 radical (unpaired) electrons. The zero-order chi connectivity index (χ0) is 13.8. The SMILES string of the molecule is CCC1(O)CC(C)(C(C)O)CCC2C1CC2(C)C. The van der Waals surface area contributed by atoms with E-state index < -0.39 is 5.60 Å². The van der Waals surface area contributed by atoms with Gasteiger partial charge < -0.3 is 10.2 Å². The maximum atomic E-state index is 11.1. The summed E-state index contributed by atoms with van der Waals surface area (Å²) in [5, 5.41) is 21.2. The third-order valence-corrected chi connectivity index (χ3v) is 6.28. The quantitative estimate of drug-likeness (QED) is 0.793. The van der Waals surface area contributed by atoms with E-state index in [-0.39, 0.29) is 11.5 Å². The van der Waals surface area contributed by atoms with Crippen LogP contribution in [-0.2, 0) is 0 Å². The zero-order valence-electron chi connectivity index (χ0n) is 12.7. The van der Waals surface area contributed by atoms with Gasteiger partial charge in [-0.25, -0.2) is 0 Å². The third kappa shape index (κ3) is 2.02. The minimum absolute atomic E-state index is 0.127. The number of hydrogen-bond donors (Lipinski definition) is 2. The first-order chi connectivity index (χ1) is 8.15. The van der Waals surface area contributed by atoms with Crippen molar-refractivity contribution >= 4 is 0 Å². The lowest BCUT2D eigenvalue weighted by Crippen LogP contribution is -2.55. The maximum absolute atomic E-state index is 11.1. The molecule has 0 heterocycles. The van der Waals surface area contributed by atoms with Gasteiger partial charge in [0, 0.05) is 0 Å². The van der Waals surface area contributed by atoms with Gasteiger partial charge in [0.05, 0.1) is 11.7 Å². The summed E-state index contributed by atoms with van der Waals surface area (Å²) >= 11 is 0. The molecule has 0 aromatic carbocycles. The second-order valence-corrected chi connectivity index (χ2v) is 7.91. The Morgan fingerprint density at radius 3 is 2.28 bits per heavy atom. The Morgan fingerprint density at radius 2 is 1.83 bits per heavy atom. The predicted molar refractivity (Wildman–Crippen MR) is 74.3 cm³/mol. The average molecular weight is 254 g/mol. The highest BCUT2D eigenvalue weighted by Gasteiger charge is 2.59. The van der Waals surface area contributed by atoms with Crippen LogP contribution in [0.15, 0.2) is 0 Å². The molecule has 2 saturated carbocycles. The van der Waals surface area contributed by atoms with Crippen LogP contribution in [0.3, 0.4) is 0 Å². The van der Waals surface area contributed by atoms with E-state index in [1.807, 2.05) is 6.92 Å². The van der Waals surface area contributed by atoms with E-state index in [0.717, 1.165) is 32.1 Å². The smallest absolute Gasteiger partial charge is 0.0682 e. The predicted octanol–water partition coefficient (Wildman–Crippen LogP) is 3.36. The molecule has 5 unspecified atom stereocenters. The van der Waals surface area contributed by atoms with Gasteiger partial charge in [-0.2, -0.15) is 0 Å². The molecule has 2 heteroatoms. The highest BCUT2D eigenvalue weighted by Crippen LogP contribution is 2.62. The van der Waals surface area contributed by atoms with Crippen molar-refractivity contribution in [2.45, 2.75) is 78.4 Å². The fraction of sp³-hybridized carbons (Fsp3) is 1.00. The molecule has 2 nitrogen and oxygen atoms in total. The van der Waals surface area contributed by atoms with E-state index in [0.29, 0.717) is 17.3 Å². The van der Waals surface area contributed by atoms with Gasteiger partial charge in [-0.15, -0.1) is 0 Å². The van der Waals surface area contributed by atoms with Crippen molar-refractivity contribution in [3.8, 4) is 0 Å². The summed E-state index contributed by atoms with van der Waals surface area (Å²) < 4.78 is 0. The standard InChI is InChI=1S/C16H30O2/c1-6-16(18)10-15(5,11(2)17)8-7-12-13(16)9-14(12,3)4/h11-13,17-18H,6-10H2,1-5H3. The summed E-state index contributed by atoms with van der Waals surface area (Å²) in [6.07, 6.45) is 4.56. The monoisotopic (exact) mass is 254 g/mol. The van der Waals surface area contributed by atoms with E-state index in [9.17, 15) is 10.2 Å². The Kier molecular flexibility index (Phi) is 3.35. The second kappa shape index (κ2) is 4.21. The first-order valence-corrected chi connectivity index (χ1v) is 7.55. The van der Waals surface area contributed by atoms with Gasteiger partial charge in [0.25, 0.3) is 0 Å². The zero-order valence-corrected chi connectivity index (χ0v) is 12.7. The summed E-state index contributed by atoms with van der Waals surface area (Å²) in [4.78, 5) is 0. The van der Waals surface area contributed by atoms with Gasteiger partial charge in [-0.1, -0.05) is 27.7 Å². The Bertz CT molecular complexity index is 323. The highest BCUT2D eigenvalue weighted by molar-refractivity contribution is 5.09. The van der Waals surface area contributed by atoms with Gasteiger partial charge >= 0.3 is 0 Å². The van der Waals surface area contributed by atoms with Crippen LogP contribution >= 0.6 is 0 Å². The molecule has 2 fully saturated rings. The number of rotatable bonds is 2. The van der Waals surface area contributed by atoms with E-state index in [1.165, 1.54) is 0 Å².